The van der Waals surface area contributed by atoms with Crippen molar-refractivity contribution in [1.82, 2.24) is 0 Å². The maximum absolute atomic E-state index is 14.2. The van der Waals surface area contributed by atoms with Gasteiger partial charge < -0.3 is 4.74 Å². The second-order valence-corrected chi connectivity index (χ2v) is 5.34. The number of rotatable bonds is 7. The third-order valence-electron chi connectivity index (χ3n) is 3.86. The van der Waals surface area contributed by atoms with Crippen LogP contribution in [0.5, 0.6) is 5.75 Å². The molecule has 0 spiro atoms. The van der Waals surface area contributed by atoms with Crippen molar-refractivity contribution < 1.29 is 13.9 Å². The van der Waals surface area contributed by atoms with E-state index in [1.54, 1.807) is 38.3 Å². The summed E-state index contributed by atoms with van der Waals surface area (Å²) in [6.45, 7) is 1.62. The van der Waals surface area contributed by atoms with Crippen LogP contribution in [-0.2, 0) is 6.42 Å². The van der Waals surface area contributed by atoms with E-state index >= 15 is 0 Å². The van der Waals surface area contributed by atoms with E-state index in [1.165, 1.54) is 6.08 Å². The van der Waals surface area contributed by atoms with Crippen LogP contribution in [0, 0.1) is 5.92 Å². The van der Waals surface area contributed by atoms with Crippen molar-refractivity contribution in [2.45, 2.75) is 19.8 Å². The lowest BCUT2D eigenvalue weighted by molar-refractivity contribution is 0.0921. The summed E-state index contributed by atoms with van der Waals surface area (Å²) in [5, 5.41) is 0. The first-order valence-electron chi connectivity index (χ1n) is 7.69. The van der Waals surface area contributed by atoms with Crippen LogP contribution in [0.2, 0.25) is 0 Å². The summed E-state index contributed by atoms with van der Waals surface area (Å²) in [5.41, 5.74) is 1.60. The molecule has 120 valence electrons. The van der Waals surface area contributed by atoms with Crippen LogP contribution in [0.4, 0.5) is 4.39 Å². The molecule has 0 aliphatic carbocycles. The Bertz CT molecular complexity index is 660. The number of allylic oxidation sites excluding steroid dienone is 2. The summed E-state index contributed by atoms with van der Waals surface area (Å²) >= 11 is 0. The zero-order chi connectivity index (χ0) is 16.7. The number of benzene rings is 2. The highest BCUT2D eigenvalue weighted by Crippen LogP contribution is 2.25. The number of aryl methyl sites for hydroxylation is 1. The van der Waals surface area contributed by atoms with Crippen LogP contribution in [-0.4, -0.2) is 12.9 Å². The molecule has 2 nitrogen and oxygen atoms in total. The fourth-order valence-corrected chi connectivity index (χ4v) is 2.51. The molecule has 0 saturated heterocycles. The van der Waals surface area contributed by atoms with Crippen molar-refractivity contribution in [1.29, 1.82) is 0 Å². The van der Waals surface area contributed by atoms with Crippen molar-refractivity contribution in [3.05, 3.63) is 77.6 Å². The van der Waals surface area contributed by atoms with Gasteiger partial charge in [-0.05, 0) is 49.6 Å². The minimum atomic E-state index is -0.742. The molecular formula is C20H21FO2. The lowest BCUT2D eigenvalue weighted by Gasteiger charge is -2.14. The summed E-state index contributed by atoms with van der Waals surface area (Å²) in [7, 11) is 1.57. The predicted molar refractivity (Wildman–Crippen MR) is 90.4 cm³/mol. The number of hydrogen-bond acceptors (Lipinski definition) is 2. The molecule has 1 atom stereocenters. The Balaban J connectivity index is 2.15. The first kappa shape index (κ1) is 16.9. The van der Waals surface area contributed by atoms with E-state index in [1.807, 2.05) is 30.3 Å². The number of halogens is 1. The van der Waals surface area contributed by atoms with Crippen molar-refractivity contribution in [3.63, 3.8) is 0 Å². The highest BCUT2D eigenvalue weighted by molar-refractivity contribution is 5.99. The highest BCUT2D eigenvalue weighted by atomic mass is 19.1. The SMILES string of the molecule is C/C=C(/F)C(CCc1ccccc1)C(=O)c1ccc(OC)cc1. The molecule has 2 aromatic carbocycles. The van der Waals surface area contributed by atoms with Crippen LogP contribution in [0.25, 0.3) is 0 Å². The van der Waals surface area contributed by atoms with Crippen molar-refractivity contribution in [2.75, 3.05) is 7.11 Å². The van der Waals surface area contributed by atoms with Crippen LogP contribution in [0.1, 0.15) is 29.3 Å². The molecule has 1 unspecified atom stereocenters. The van der Waals surface area contributed by atoms with Crippen molar-refractivity contribution >= 4 is 5.78 Å². The number of methoxy groups -OCH3 is 1. The molecule has 0 N–H and O–H groups in total. The van der Waals surface area contributed by atoms with E-state index < -0.39 is 5.92 Å². The highest BCUT2D eigenvalue weighted by Gasteiger charge is 2.24. The smallest absolute Gasteiger partial charge is 0.172 e. The molecule has 0 radical (unpaired) electrons. The number of carbonyl (C=O) groups is 1. The lowest BCUT2D eigenvalue weighted by Crippen LogP contribution is -2.16. The summed E-state index contributed by atoms with van der Waals surface area (Å²) in [5.74, 6) is -0.636. The van der Waals surface area contributed by atoms with Gasteiger partial charge in [-0.15, -0.1) is 0 Å². The summed E-state index contributed by atoms with van der Waals surface area (Å²) in [4.78, 5) is 12.6. The molecule has 0 aliphatic rings. The lowest BCUT2D eigenvalue weighted by atomic mass is 9.90. The van der Waals surface area contributed by atoms with Crippen LogP contribution < -0.4 is 4.74 Å². The number of ketones is 1. The fourth-order valence-electron chi connectivity index (χ4n) is 2.51. The van der Waals surface area contributed by atoms with Gasteiger partial charge in [0, 0.05) is 5.56 Å². The topological polar surface area (TPSA) is 26.3 Å². The van der Waals surface area contributed by atoms with Gasteiger partial charge in [0.05, 0.1) is 13.0 Å². The average Bonchev–Trinajstić information content (AvgIpc) is 2.62. The minimum Gasteiger partial charge on any atom is -0.497 e. The van der Waals surface area contributed by atoms with Crippen molar-refractivity contribution in [2.24, 2.45) is 5.92 Å². The Morgan fingerprint density at radius 1 is 1.13 bits per heavy atom. The second kappa shape index (κ2) is 8.28. The Kier molecular flexibility index (Phi) is 6.10. The second-order valence-electron chi connectivity index (χ2n) is 5.34. The molecular weight excluding hydrogens is 291 g/mol. The number of hydrogen-bond donors (Lipinski definition) is 0. The third-order valence-corrected chi connectivity index (χ3v) is 3.86. The molecule has 2 rings (SSSR count). The van der Waals surface area contributed by atoms with Crippen molar-refractivity contribution in [3.8, 4) is 5.75 Å². The van der Waals surface area contributed by atoms with E-state index in [9.17, 15) is 9.18 Å². The van der Waals surface area contributed by atoms with Gasteiger partial charge in [-0.1, -0.05) is 36.4 Å². The Morgan fingerprint density at radius 2 is 1.78 bits per heavy atom. The Morgan fingerprint density at radius 3 is 2.35 bits per heavy atom. The quantitative estimate of drug-likeness (QED) is 0.672. The van der Waals surface area contributed by atoms with Gasteiger partial charge in [-0.2, -0.15) is 0 Å². The van der Waals surface area contributed by atoms with Gasteiger partial charge in [0.15, 0.2) is 5.78 Å². The first-order chi connectivity index (χ1) is 11.2. The van der Waals surface area contributed by atoms with Gasteiger partial charge in [0.25, 0.3) is 0 Å². The van der Waals surface area contributed by atoms with E-state index in [0.29, 0.717) is 24.2 Å². The van der Waals surface area contributed by atoms with Gasteiger partial charge in [0.1, 0.15) is 11.6 Å². The summed E-state index contributed by atoms with van der Waals surface area (Å²) < 4.78 is 19.3. The molecule has 0 heterocycles. The molecule has 23 heavy (non-hydrogen) atoms. The summed E-state index contributed by atoms with van der Waals surface area (Å²) in [6, 6.07) is 16.6. The average molecular weight is 312 g/mol. The van der Waals surface area contributed by atoms with Crippen LogP contribution in [0.15, 0.2) is 66.5 Å². The maximum Gasteiger partial charge on any atom is 0.172 e. The normalized spacial score (nSPS) is 12.7. The predicted octanol–water partition coefficient (Wildman–Crippen LogP) is 5.00. The van der Waals surface area contributed by atoms with Crippen LogP contribution in [0.3, 0.4) is 0 Å². The molecule has 0 aliphatic heterocycles. The third kappa shape index (κ3) is 4.52. The zero-order valence-electron chi connectivity index (χ0n) is 13.5. The number of carbonyl (C=O) groups excluding carboxylic acids is 1. The molecule has 3 heteroatoms. The number of ether oxygens (including phenoxy) is 1. The summed E-state index contributed by atoms with van der Waals surface area (Å²) in [6.07, 6.45) is 2.48. The van der Waals surface area contributed by atoms with E-state index in [0.717, 1.165) is 5.56 Å². The van der Waals surface area contributed by atoms with Gasteiger partial charge >= 0.3 is 0 Å². The molecule has 0 amide bonds. The van der Waals surface area contributed by atoms with E-state index in [2.05, 4.69) is 0 Å². The minimum absolute atomic E-state index is 0.195. The standard InChI is InChI=1S/C20H21FO2/c1-3-19(21)18(14-9-15-7-5-4-6-8-15)20(22)16-10-12-17(23-2)13-11-16/h3-8,10-13,18H,9,14H2,1-2H3/b19-3+. The zero-order valence-corrected chi connectivity index (χ0v) is 13.5. The van der Waals surface area contributed by atoms with Gasteiger partial charge in [0.2, 0.25) is 0 Å². The largest absolute Gasteiger partial charge is 0.497 e. The van der Waals surface area contributed by atoms with Gasteiger partial charge in [-0.3, -0.25) is 4.79 Å². The molecule has 0 saturated carbocycles. The van der Waals surface area contributed by atoms with E-state index in [4.69, 9.17) is 4.74 Å². The van der Waals surface area contributed by atoms with E-state index in [-0.39, 0.29) is 11.6 Å². The number of Topliss-reactive ketones (excluding diaryl/α,β-unsaturated/α-hetero) is 1. The molecule has 0 bridgehead atoms. The first-order valence-corrected chi connectivity index (χ1v) is 7.69. The molecule has 0 aromatic heterocycles. The fraction of sp³-hybridized carbons (Fsp3) is 0.250. The Labute approximate surface area is 136 Å². The van der Waals surface area contributed by atoms with Crippen LogP contribution >= 0.6 is 0 Å². The van der Waals surface area contributed by atoms with Gasteiger partial charge in [-0.25, -0.2) is 4.39 Å². The monoisotopic (exact) mass is 312 g/mol. The molecule has 0 fully saturated rings. The Hall–Kier alpha value is -2.42. The molecule has 2 aromatic rings. The maximum atomic E-state index is 14.2.